The number of anilines is 1. The van der Waals surface area contributed by atoms with Gasteiger partial charge in [0.2, 0.25) is 0 Å². The third-order valence-electron chi connectivity index (χ3n) is 6.80. The third kappa shape index (κ3) is 13.0. The van der Waals surface area contributed by atoms with E-state index in [1.807, 2.05) is 40.0 Å². The largest absolute Gasteiger partial charge is 0.383 e. The molecule has 8 heteroatoms. The summed E-state index contributed by atoms with van der Waals surface area (Å²) in [5.41, 5.74) is 10.5. The average molecular weight is 637 g/mol. The highest BCUT2D eigenvalue weighted by atomic mass is 35.5. The van der Waals surface area contributed by atoms with Crippen molar-refractivity contribution in [3.05, 3.63) is 88.3 Å². The molecule has 1 aliphatic heterocycles. The van der Waals surface area contributed by atoms with Crippen molar-refractivity contribution in [2.75, 3.05) is 12.3 Å². The van der Waals surface area contributed by atoms with Crippen molar-refractivity contribution in [1.82, 2.24) is 10.3 Å². The minimum Gasteiger partial charge on any atom is -0.383 e. The van der Waals surface area contributed by atoms with E-state index in [1.165, 1.54) is 19.1 Å². The molecule has 4 rings (SSSR count). The van der Waals surface area contributed by atoms with Crippen molar-refractivity contribution in [2.24, 2.45) is 10.9 Å². The van der Waals surface area contributed by atoms with Gasteiger partial charge >= 0.3 is 0 Å². The lowest BCUT2D eigenvalue weighted by Crippen LogP contribution is -2.35. The van der Waals surface area contributed by atoms with Crippen LogP contribution in [-0.2, 0) is 0 Å². The number of benzene rings is 2. The highest BCUT2D eigenvalue weighted by Gasteiger charge is 2.17. The van der Waals surface area contributed by atoms with E-state index in [2.05, 4.69) is 42.1 Å². The van der Waals surface area contributed by atoms with Crippen LogP contribution in [0.15, 0.2) is 65.8 Å². The molecule has 0 saturated heterocycles. The van der Waals surface area contributed by atoms with Crippen LogP contribution in [0.4, 0.5) is 10.2 Å². The van der Waals surface area contributed by atoms with Gasteiger partial charge in [0.1, 0.15) is 11.6 Å². The second-order valence-electron chi connectivity index (χ2n) is 10.4. The van der Waals surface area contributed by atoms with E-state index in [4.69, 9.17) is 17.3 Å². The summed E-state index contributed by atoms with van der Waals surface area (Å²) in [6, 6.07) is 13.3. The SMILES string of the molecule is CC.CC.CC(=O)c1ccc(-c2ccc(F)cc2Cl)cc1.CC[C@@H](CCC(C)C)NC(=O)c1cc(C2=CCCN=C2)cnc1N. The lowest BCUT2D eigenvalue weighted by Gasteiger charge is -2.19. The minimum atomic E-state index is -0.362. The maximum absolute atomic E-state index is 12.9. The zero-order chi connectivity index (χ0) is 33.9. The number of rotatable bonds is 9. The van der Waals surface area contributed by atoms with Crippen LogP contribution in [0, 0.1) is 11.7 Å². The summed E-state index contributed by atoms with van der Waals surface area (Å²) in [6.07, 6.45) is 9.52. The molecule has 6 nitrogen and oxygen atoms in total. The number of amides is 1. The predicted octanol–water partition coefficient (Wildman–Crippen LogP) is 9.87. The number of halogens is 2. The molecule has 2 aromatic carbocycles. The topological polar surface area (TPSA) is 97.4 Å². The second-order valence-corrected chi connectivity index (χ2v) is 10.9. The molecular formula is C37H50ClFN4O2. The first-order chi connectivity index (χ1) is 21.6. The fraction of sp³-hybridized carbons (Fsp3) is 0.405. The molecule has 1 amide bonds. The summed E-state index contributed by atoms with van der Waals surface area (Å²) >= 11 is 5.96. The lowest BCUT2D eigenvalue weighted by atomic mass is 10.0. The van der Waals surface area contributed by atoms with Gasteiger partial charge in [-0.25, -0.2) is 9.37 Å². The highest BCUT2D eigenvalue weighted by molar-refractivity contribution is 6.33. The number of Topliss-reactive ketones (excluding diaryl/α,β-unsaturated/α-hetero) is 1. The normalized spacial score (nSPS) is 12.3. The van der Waals surface area contributed by atoms with Crippen LogP contribution in [0.1, 0.15) is 107 Å². The number of carbonyl (C=O) groups is 2. The van der Waals surface area contributed by atoms with E-state index in [9.17, 15) is 14.0 Å². The van der Waals surface area contributed by atoms with Crippen molar-refractivity contribution in [3.63, 3.8) is 0 Å². The Bertz CT molecular complexity index is 1420. The molecule has 0 unspecified atom stereocenters. The van der Waals surface area contributed by atoms with Crippen LogP contribution >= 0.6 is 11.6 Å². The first kappa shape index (κ1) is 39.2. The van der Waals surface area contributed by atoms with E-state index in [0.717, 1.165) is 54.5 Å². The van der Waals surface area contributed by atoms with Gasteiger partial charge in [-0.1, -0.05) is 90.4 Å². The predicted molar refractivity (Wildman–Crippen MR) is 190 cm³/mol. The van der Waals surface area contributed by atoms with E-state index in [1.54, 1.807) is 36.5 Å². The molecule has 0 spiro atoms. The maximum atomic E-state index is 12.9. The van der Waals surface area contributed by atoms with Crippen LogP contribution < -0.4 is 11.1 Å². The number of carbonyl (C=O) groups excluding carboxylic acids is 2. The summed E-state index contributed by atoms with van der Waals surface area (Å²) in [4.78, 5) is 32.2. The number of hydrogen-bond acceptors (Lipinski definition) is 5. The van der Waals surface area contributed by atoms with Crippen molar-refractivity contribution in [3.8, 4) is 11.1 Å². The average Bonchev–Trinajstić information content (AvgIpc) is 3.05. The van der Waals surface area contributed by atoms with Gasteiger partial charge in [0.05, 0.1) is 10.6 Å². The number of aromatic nitrogens is 1. The van der Waals surface area contributed by atoms with E-state index in [-0.39, 0.29) is 29.4 Å². The van der Waals surface area contributed by atoms with Gasteiger partial charge in [-0.3, -0.25) is 14.6 Å². The van der Waals surface area contributed by atoms with Crippen LogP contribution in [0.2, 0.25) is 5.02 Å². The minimum absolute atomic E-state index is 0.0155. The fourth-order valence-electron chi connectivity index (χ4n) is 4.30. The van der Waals surface area contributed by atoms with E-state index < -0.39 is 0 Å². The number of ketones is 1. The molecule has 3 aromatic rings. The quantitative estimate of drug-likeness (QED) is 0.228. The molecule has 2 heterocycles. The Balaban J connectivity index is 0.000000423. The molecule has 1 aromatic heterocycles. The Morgan fingerprint density at radius 3 is 2.20 bits per heavy atom. The van der Waals surface area contributed by atoms with Gasteiger partial charge in [-0.15, -0.1) is 0 Å². The first-order valence-corrected chi connectivity index (χ1v) is 16.3. The first-order valence-electron chi connectivity index (χ1n) is 15.9. The molecular weight excluding hydrogens is 587 g/mol. The van der Waals surface area contributed by atoms with Gasteiger partial charge in [0.15, 0.2) is 5.78 Å². The molecule has 0 aliphatic carbocycles. The standard InChI is InChI=1S/C19H28N4O.C14H10ClFO.2C2H6/c1-4-16(8-7-13(2)3)23-19(24)17-10-15(12-22-18(17)20)14-6-5-9-21-11-14;1-9(17)10-2-4-11(5-3-10)13-7-6-12(16)8-14(13)15;2*1-2/h6,10-13,16H,4-5,7-9H2,1-3H3,(H2,20,22)(H,23,24);2-8H,1H3;2*1-2H3/t16-;;;/m0.../s1. The molecule has 244 valence electrons. The monoisotopic (exact) mass is 636 g/mol. The van der Waals surface area contributed by atoms with E-state index in [0.29, 0.717) is 22.1 Å². The zero-order valence-corrected chi connectivity index (χ0v) is 28.8. The van der Waals surface area contributed by atoms with Crippen molar-refractivity contribution in [1.29, 1.82) is 0 Å². The molecule has 3 N–H and O–H groups in total. The molecule has 1 aliphatic rings. The number of hydrogen-bond donors (Lipinski definition) is 2. The number of nitrogens with zero attached hydrogens (tertiary/aromatic N) is 2. The second kappa shape index (κ2) is 21.0. The summed E-state index contributed by atoms with van der Waals surface area (Å²) in [7, 11) is 0. The number of dihydropyridines is 1. The van der Waals surface area contributed by atoms with Gasteiger partial charge in [0, 0.05) is 41.7 Å². The summed E-state index contributed by atoms with van der Waals surface area (Å²) in [6.45, 7) is 16.8. The van der Waals surface area contributed by atoms with Crippen LogP contribution in [0.5, 0.6) is 0 Å². The van der Waals surface area contributed by atoms with Crippen molar-refractivity contribution < 1.29 is 14.0 Å². The van der Waals surface area contributed by atoms with Gasteiger partial charge in [0.25, 0.3) is 5.91 Å². The Kier molecular flexibility index (Phi) is 18.3. The Morgan fingerprint density at radius 2 is 1.67 bits per heavy atom. The van der Waals surface area contributed by atoms with Gasteiger partial charge in [-0.05, 0) is 73.9 Å². The molecule has 0 bridgehead atoms. The number of aliphatic imine (C=N–C) groups is 1. The van der Waals surface area contributed by atoms with Gasteiger partial charge in [-0.2, -0.15) is 0 Å². The van der Waals surface area contributed by atoms with Crippen LogP contribution in [0.25, 0.3) is 16.7 Å². The lowest BCUT2D eigenvalue weighted by molar-refractivity contribution is 0.0932. The van der Waals surface area contributed by atoms with Gasteiger partial charge < -0.3 is 11.1 Å². The Labute approximate surface area is 274 Å². The van der Waals surface area contributed by atoms with Crippen molar-refractivity contribution >= 4 is 40.9 Å². The smallest absolute Gasteiger partial charge is 0.255 e. The Hall–Kier alpha value is -3.84. The number of nitrogen functional groups attached to an aromatic ring is 1. The number of allylic oxidation sites excluding steroid dienone is 1. The molecule has 0 fully saturated rings. The van der Waals surface area contributed by atoms with Crippen LogP contribution in [-0.4, -0.2) is 35.5 Å². The summed E-state index contributed by atoms with van der Waals surface area (Å²) in [5, 5.41) is 3.46. The molecule has 0 radical (unpaired) electrons. The Morgan fingerprint density at radius 1 is 1.00 bits per heavy atom. The zero-order valence-electron chi connectivity index (χ0n) is 28.1. The highest BCUT2D eigenvalue weighted by Crippen LogP contribution is 2.28. The van der Waals surface area contributed by atoms with Crippen molar-refractivity contribution in [2.45, 2.75) is 87.1 Å². The van der Waals surface area contributed by atoms with E-state index >= 15 is 0 Å². The number of nitrogens with one attached hydrogen (secondary N) is 1. The molecule has 1 atom stereocenters. The third-order valence-corrected chi connectivity index (χ3v) is 7.12. The summed E-state index contributed by atoms with van der Waals surface area (Å²) in [5.74, 6) is 0.401. The molecule has 0 saturated carbocycles. The number of pyridine rings is 1. The molecule has 45 heavy (non-hydrogen) atoms. The summed E-state index contributed by atoms with van der Waals surface area (Å²) < 4.78 is 12.9. The fourth-order valence-corrected chi connectivity index (χ4v) is 4.58. The number of nitrogens with two attached hydrogens (primary N) is 1. The maximum Gasteiger partial charge on any atom is 0.255 e. The van der Waals surface area contributed by atoms with Crippen LogP contribution in [0.3, 0.4) is 0 Å².